The fourth-order valence-electron chi connectivity index (χ4n) is 3.73. The van der Waals surface area contributed by atoms with Gasteiger partial charge in [0, 0.05) is 10.8 Å². The number of rotatable bonds is 4. The molecule has 0 saturated carbocycles. The third kappa shape index (κ3) is 3.62. The summed E-state index contributed by atoms with van der Waals surface area (Å²) in [6, 6.07) is 23.9. The summed E-state index contributed by atoms with van der Waals surface area (Å²) in [6.45, 7) is 2.11. The maximum absolute atomic E-state index is 12.7. The number of nitriles is 1. The Morgan fingerprint density at radius 2 is 1.91 bits per heavy atom. The van der Waals surface area contributed by atoms with Crippen molar-refractivity contribution in [3.05, 3.63) is 98.7 Å². The third-order valence-corrected chi connectivity index (χ3v) is 6.35. The summed E-state index contributed by atoms with van der Waals surface area (Å²) in [5.41, 5.74) is 3.64. The SMILES string of the molecule is CCc1ccc(C=C(C#N)c2nc(-c3cc4c(ccc5ccccc54)oc3=O)cs2)cc1. The first kappa shape index (κ1) is 19.9. The fourth-order valence-corrected chi connectivity index (χ4v) is 4.51. The molecule has 0 radical (unpaired) electrons. The molecule has 0 spiro atoms. The summed E-state index contributed by atoms with van der Waals surface area (Å²) in [7, 11) is 0. The van der Waals surface area contributed by atoms with Gasteiger partial charge in [-0.15, -0.1) is 11.3 Å². The summed E-state index contributed by atoms with van der Waals surface area (Å²) < 4.78 is 5.60. The van der Waals surface area contributed by atoms with Crippen molar-refractivity contribution in [1.29, 1.82) is 5.26 Å². The van der Waals surface area contributed by atoms with Crippen LogP contribution in [0.4, 0.5) is 0 Å². The van der Waals surface area contributed by atoms with Gasteiger partial charge in [0.25, 0.3) is 0 Å². The lowest BCUT2D eigenvalue weighted by molar-refractivity contribution is 0.563. The lowest BCUT2D eigenvalue weighted by atomic mass is 10.0. The van der Waals surface area contributed by atoms with Crippen LogP contribution < -0.4 is 5.63 Å². The van der Waals surface area contributed by atoms with E-state index in [4.69, 9.17) is 4.42 Å². The zero-order valence-corrected chi connectivity index (χ0v) is 18.1. The Morgan fingerprint density at radius 1 is 1.09 bits per heavy atom. The Balaban J connectivity index is 1.58. The van der Waals surface area contributed by atoms with Crippen LogP contribution >= 0.6 is 11.3 Å². The molecule has 0 unspecified atom stereocenters. The topological polar surface area (TPSA) is 66.9 Å². The molecule has 0 fully saturated rings. The quantitative estimate of drug-likeness (QED) is 0.179. The van der Waals surface area contributed by atoms with E-state index in [-0.39, 0.29) is 0 Å². The molecule has 0 atom stereocenters. The number of fused-ring (bicyclic) bond motifs is 3. The molecule has 0 N–H and O–H groups in total. The maximum atomic E-state index is 12.7. The Hall–Kier alpha value is -4.01. The van der Waals surface area contributed by atoms with Crippen LogP contribution in [0, 0.1) is 11.3 Å². The number of aryl methyl sites for hydroxylation is 1. The summed E-state index contributed by atoms with van der Waals surface area (Å²) in [5, 5.41) is 15.0. The first-order valence-electron chi connectivity index (χ1n) is 10.3. The van der Waals surface area contributed by atoms with Gasteiger partial charge in [0.05, 0.1) is 16.8 Å². The average Bonchev–Trinajstić information content (AvgIpc) is 3.32. The molecule has 154 valence electrons. The van der Waals surface area contributed by atoms with E-state index in [1.807, 2.05) is 60.7 Å². The smallest absolute Gasteiger partial charge is 0.345 e. The van der Waals surface area contributed by atoms with Crippen molar-refractivity contribution >= 4 is 44.7 Å². The van der Waals surface area contributed by atoms with Gasteiger partial charge in [-0.05, 0) is 46.5 Å². The van der Waals surface area contributed by atoms with E-state index in [0.29, 0.717) is 27.4 Å². The van der Waals surface area contributed by atoms with E-state index in [1.54, 1.807) is 5.38 Å². The van der Waals surface area contributed by atoms with Crippen LogP contribution in [0.5, 0.6) is 0 Å². The molecule has 5 heteroatoms. The van der Waals surface area contributed by atoms with E-state index in [9.17, 15) is 10.1 Å². The zero-order chi connectivity index (χ0) is 22.1. The summed E-state index contributed by atoms with van der Waals surface area (Å²) >= 11 is 1.34. The second kappa shape index (κ2) is 8.26. The van der Waals surface area contributed by atoms with E-state index in [0.717, 1.165) is 28.1 Å². The van der Waals surface area contributed by atoms with Gasteiger partial charge in [-0.3, -0.25) is 0 Å². The standard InChI is InChI=1S/C27H18N2O2S/c1-2-17-7-9-18(10-8-17)13-20(15-28)26-29-24(16-32-26)23-14-22-21-6-4-3-5-19(21)11-12-25(22)31-27(23)30/h3-14,16H,2H2,1H3. The first-order valence-corrected chi connectivity index (χ1v) is 11.2. The van der Waals surface area contributed by atoms with Gasteiger partial charge in [0.15, 0.2) is 0 Å². The van der Waals surface area contributed by atoms with Gasteiger partial charge in [-0.2, -0.15) is 5.26 Å². The molecule has 2 heterocycles. The zero-order valence-electron chi connectivity index (χ0n) is 17.3. The molecular formula is C27H18N2O2S. The minimum atomic E-state index is -0.442. The van der Waals surface area contributed by atoms with E-state index in [1.165, 1.54) is 16.9 Å². The fraction of sp³-hybridized carbons (Fsp3) is 0.0741. The normalized spacial score (nSPS) is 11.7. The molecule has 32 heavy (non-hydrogen) atoms. The van der Waals surface area contributed by atoms with Crippen molar-refractivity contribution < 1.29 is 4.42 Å². The second-order valence-corrected chi connectivity index (χ2v) is 8.31. The molecule has 2 aromatic heterocycles. The molecular weight excluding hydrogens is 416 g/mol. The first-order chi connectivity index (χ1) is 15.7. The molecule has 0 aliphatic heterocycles. The number of aromatic nitrogens is 1. The van der Waals surface area contributed by atoms with Crippen LogP contribution in [0.25, 0.3) is 44.6 Å². The third-order valence-electron chi connectivity index (χ3n) is 5.47. The molecule has 0 amide bonds. The molecule has 4 nitrogen and oxygen atoms in total. The molecule has 0 aliphatic rings. The van der Waals surface area contributed by atoms with Crippen LogP contribution in [0.2, 0.25) is 0 Å². The van der Waals surface area contributed by atoms with Crippen molar-refractivity contribution in [1.82, 2.24) is 4.98 Å². The van der Waals surface area contributed by atoms with Crippen molar-refractivity contribution in [2.75, 3.05) is 0 Å². The highest BCUT2D eigenvalue weighted by Gasteiger charge is 2.15. The number of allylic oxidation sites excluding steroid dienone is 1. The minimum Gasteiger partial charge on any atom is -0.422 e. The van der Waals surface area contributed by atoms with Crippen LogP contribution in [-0.4, -0.2) is 4.98 Å². The lowest BCUT2D eigenvalue weighted by Crippen LogP contribution is -2.03. The van der Waals surface area contributed by atoms with Crippen LogP contribution in [0.1, 0.15) is 23.1 Å². The largest absolute Gasteiger partial charge is 0.422 e. The summed E-state index contributed by atoms with van der Waals surface area (Å²) in [5.74, 6) is 0. The van der Waals surface area contributed by atoms with E-state index < -0.39 is 5.63 Å². The van der Waals surface area contributed by atoms with Crippen molar-refractivity contribution in [2.24, 2.45) is 0 Å². The van der Waals surface area contributed by atoms with Gasteiger partial charge < -0.3 is 4.42 Å². The predicted molar refractivity (Wildman–Crippen MR) is 130 cm³/mol. The number of hydrogen-bond donors (Lipinski definition) is 0. The second-order valence-electron chi connectivity index (χ2n) is 7.45. The van der Waals surface area contributed by atoms with Crippen LogP contribution in [0.3, 0.4) is 0 Å². The highest BCUT2D eigenvalue weighted by molar-refractivity contribution is 7.11. The van der Waals surface area contributed by atoms with Crippen molar-refractivity contribution in [3.63, 3.8) is 0 Å². The Bertz CT molecular complexity index is 1580. The van der Waals surface area contributed by atoms with Gasteiger partial charge in [-0.1, -0.05) is 61.5 Å². The molecule has 0 saturated heterocycles. The number of thiazole rings is 1. The molecule has 5 aromatic rings. The van der Waals surface area contributed by atoms with Gasteiger partial charge in [0.1, 0.15) is 16.7 Å². The lowest BCUT2D eigenvalue weighted by Gasteiger charge is -2.04. The Labute approximate surface area is 188 Å². The number of benzene rings is 3. The Morgan fingerprint density at radius 3 is 2.69 bits per heavy atom. The Kier molecular flexibility index (Phi) is 5.14. The van der Waals surface area contributed by atoms with Crippen LogP contribution in [0.15, 0.2) is 81.3 Å². The number of nitrogens with zero attached hydrogens (tertiary/aromatic N) is 2. The molecule has 0 aliphatic carbocycles. The number of hydrogen-bond acceptors (Lipinski definition) is 5. The highest BCUT2D eigenvalue weighted by Crippen LogP contribution is 2.30. The average molecular weight is 435 g/mol. The van der Waals surface area contributed by atoms with Crippen LogP contribution in [-0.2, 0) is 6.42 Å². The molecule has 0 bridgehead atoms. The van der Waals surface area contributed by atoms with Crippen molar-refractivity contribution in [3.8, 4) is 17.3 Å². The monoisotopic (exact) mass is 434 g/mol. The minimum absolute atomic E-state index is 0.390. The maximum Gasteiger partial charge on any atom is 0.345 e. The summed E-state index contributed by atoms with van der Waals surface area (Å²) in [6.07, 6.45) is 2.78. The predicted octanol–water partition coefficient (Wildman–Crippen LogP) is 6.70. The van der Waals surface area contributed by atoms with Gasteiger partial charge in [0.2, 0.25) is 0 Å². The van der Waals surface area contributed by atoms with Gasteiger partial charge in [-0.25, -0.2) is 9.78 Å². The van der Waals surface area contributed by atoms with E-state index >= 15 is 0 Å². The molecule has 3 aromatic carbocycles. The van der Waals surface area contributed by atoms with E-state index in [2.05, 4.69) is 30.1 Å². The molecule has 5 rings (SSSR count). The van der Waals surface area contributed by atoms with Gasteiger partial charge >= 0.3 is 5.63 Å². The summed E-state index contributed by atoms with van der Waals surface area (Å²) in [4.78, 5) is 17.3. The highest BCUT2D eigenvalue weighted by atomic mass is 32.1. The van der Waals surface area contributed by atoms with Crippen molar-refractivity contribution in [2.45, 2.75) is 13.3 Å².